The Morgan fingerprint density at radius 1 is 0.964 bits per heavy atom. The van der Waals surface area contributed by atoms with Crippen LogP contribution in [-0.2, 0) is 13.0 Å². The van der Waals surface area contributed by atoms with Gasteiger partial charge in [0.15, 0.2) is 5.82 Å². The van der Waals surface area contributed by atoms with Gasteiger partial charge in [-0.25, -0.2) is 0 Å². The monoisotopic (exact) mass is 387 g/mol. The van der Waals surface area contributed by atoms with Crippen LogP contribution in [0.3, 0.4) is 0 Å². The number of nitrogens with zero attached hydrogens (tertiary/aromatic N) is 3. The van der Waals surface area contributed by atoms with Gasteiger partial charge < -0.3 is 4.90 Å². The summed E-state index contributed by atoms with van der Waals surface area (Å²) in [5, 5.41) is 9.98. The van der Waals surface area contributed by atoms with Crippen molar-refractivity contribution >= 4 is 23.5 Å². The molecule has 1 aliphatic rings. The summed E-state index contributed by atoms with van der Waals surface area (Å²) in [6, 6.07) is 18.3. The molecule has 1 heterocycles. The summed E-state index contributed by atoms with van der Waals surface area (Å²) < 4.78 is 0. The fourth-order valence-corrected chi connectivity index (χ4v) is 3.74. The van der Waals surface area contributed by atoms with Crippen LogP contribution < -0.4 is 4.90 Å². The minimum Gasteiger partial charge on any atom is -0.351 e. The van der Waals surface area contributed by atoms with Gasteiger partial charge in [0.2, 0.25) is 0 Å². The lowest BCUT2D eigenvalue weighted by atomic mass is 9.99. The Morgan fingerprint density at radius 2 is 1.75 bits per heavy atom. The smallest absolute Gasteiger partial charge is 0.159 e. The lowest BCUT2D eigenvalue weighted by molar-refractivity contribution is 0.792. The summed E-state index contributed by atoms with van der Waals surface area (Å²) in [6.07, 6.45) is 9.24. The van der Waals surface area contributed by atoms with Gasteiger partial charge >= 0.3 is 0 Å². The second-order valence-corrected chi connectivity index (χ2v) is 7.14. The van der Waals surface area contributed by atoms with Crippen LogP contribution in [0.4, 0.5) is 5.82 Å². The molecule has 1 aromatic heterocycles. The molecule has 0 aliphatic heterocycles. The minimum atomic E-state index is 0.695. The second-order valence-electron chi connectivity index (χ2n) is 6.74. The molecule has 2 aromatic carbocycles. The molecule has 0 N–H and O–H groups in total. The third-order valence-corrected chi connectivity index (χ3v) is 5.28. The van der Waals surface area contributed by atoms with Crippen LogP contribution in [0.25, 0.3) is 17.3 Å². The van der Waals surface area contributed by atoms with E-state index in [1.807, 2.05) is 30.3 Å². The minimum absolute atomic E-state index is 0.695. The summed E-state index contributed by atoms with van der Waals surface area (Å²) in [5.74, 6) is 0.914. The maximum atomic E-state index is 6.46. The number of anilines is 1. The van der Waals surface area contributed by atoms with E-state index in [1.165, 1.54) is 5.56 Å². The zero-order chi connectivity index (χ0) is 19.3. The molecule has 0 spiro atoms. The Balaban J connectivity index is 1.82. The predicted molar refractivity (Wildman–Crippen MR) is 118 cm³/mol. The summed E-state index contributed by atoms with van der Waals surface area (Å²) in [7, 11) is 0. The first-order valence-corrected chi connectivity index (χ1v) is 9.92. The first-order valence-electron chi connectivity index (χ1n) is 9.54. The molecule has 4 rings (SSSR count). The van der Waals surface area contributed by atoms with Gasteiger partial charge in [-0.2, -0.15) is 0 Å². The van der Waals surface area contributed by atoms with Gasteiger partial charge in [-0.3, -0.25) is 0 Å². The molecule has 4 heteroatoms. The molecule has 140 valence electrons. The number of benzene rings is 2. The van der Waals surface area contributed by atoms with Crippen molar-refractivity contribution < 1.29 is 0 Å². The quantitative estimate of drug-likeness (QED) is 0.541. The van der Waals surface area contributed by atoms with Crippen LogP contribution in [0, 0.1) is 0 Å². The number of hydrogen-bond donors (Lipinski definition) is 0. The average molecular weight is 388 g/mol. The van der Waals surface area contributed by atoms with Gasteiger partial charge in [-0.05, 0) is 30.5 Å². The van der Waals surface area contributed by atoms with Gasteiger partial charge in [0.25, 0.3) is 0 Å². The van der Waals surface area contributed by atoms with Gasteiger partial charge in [0.05, 0.1) is 10.7 Å². The molecule has 0 atom stereocenters. The molecule has 3 nitrogen and oxygen atoms in total. The van der Waals surface area contributed by atoms with Gasteiger partial charge in [0.1, 0.15) is 0 Å². The highest BCUT2D eigenvalue weighted by Gasteiger charge is 2.20. The number of halogens is 1. The zero-order valence-corrected chi connectivity index (χ0v) is 16.6. The van der Waals surface area contributed by atoms with Crippen molar-refractivity contribution in [2.45, 2.75) is 19.9 Å². The van der Waals surface area contributed by atoms with E-state index in [0.717, 1.165) is 47.7 Å². The largest absolute Gasteiger partial charge is 0.351 e. The fraction of sp³-hybridized carbons (Fsp3) is 0.167. The zero-order valence-electron chi connectivity index (χ0n) is 15.8. The Hall–Kier alpha value is -2.91. The Bertz CT molecular complexity index is 1030. The van der Waals surface area contributed by atoms with Crippen molar-refractivity contribution in [1.82, 2.24) is 10.2 Å². The third-order valence-electron chi connectivity index (χ3n) is 4.96. The topological polar surface area (TPSA) is 29.0 Å². The van der Waals surface area contributed by atoms with E-state index in [-0.39, 0.29) is 0 Å². The van der Waals surface area contributed by atoms with Crippen molar-refractivity contribution in [3.63, 3.8) is 0 Å². The highest BCUT2D eigenvalue weighted by Crippen LogP contribution is 2.35. The summed E-state index contributed by atoms with van der Waals surface area (Å²) in [5.41, 5.74) is 5.32. The number of allylic oxidation sites excluding steroid dienone is 3. The van der Waals surface area contributed by atoms with Crippen molar-refractivity contribution in [3.8, 4) is 11.3 Å². The fourth-order valence-electron chi connectivity index (χ4n) is 3.52. The maximum absolute atomic E-state index is 6.46. The molecular formula is C24H22ClN3. The van der Waals surface area contributed by atoms with E-state index in [4.69, 9.17) is 11.6 Å². The van der Waals surface area contributed by atoms with Crippen LogP contribution in [0.5, 0.6) is 0 Å². The lowest BCUT2D eigenvalue weighted by Crippen LogP contribution is -2.25. The molecule has 0 bridgehead atoms. The molecule has 0 unspecified atom stereocenters. The third kappa shape index (κ3) is 3.71. The molecule has 0 fully saturated rings. The number of rotatable bonds is 5. The molecule has 28 heavy (non-hydrogen) atoms. The van der Waals surface area contributed by atoms with E-state index in [1.54, 1.807) is 0 Å². The SMILES string of the molecule is CCN(Cc1ccccc1)c1nnc(-c2ccccc2Cl)c2c1C=CC=CC2. The highest BCUT2D eigenvalue weighted by molar-refractivity contribution is 6.33. The van der Waals surface area contributed by atoms with Gasteiger partial charge in [-0.1, -0.05) is 84.4 Å². The van der Waals surface area contributed by atoms with Crippen LogP contribution >= 0.6 is 11.6 Å². The van der Waals surface area contributed by atoms with Crippen molar-refractivity contribution in [2.24, 2.45) is 0 Å². The Morgan fingerprint density at radius 3 is 2.54 bits per heavy atom. The maximum Gasteiger partial charge on any atom is 0.159 e. The number of fused-ring (bicyclic) bond motifs is 1. The average Bonchev–Trinajstić information content (AvgIpc) is 2.99. The molecular weight excluding hydrogens is 366 g/mol. The summed E-state index contributed by atoms with van der Waals surface area (Å²) >= 11 is 6.46. The summed E-state index contributed by atoms with van der Waals surface area (Å²) in [4.78, 5) is 2.27. The molecule has 0 radical (unpaired) electrons. The molecule has 3 aromatic rings. The van der Waals surface area contributed by atoms with Crippen molar-refractivity contribution in [3.05, 3.63) is 94.5 Å². The predicted octanol–water partition coefficient (Wildman–Crippen LogP) is 5.95. The number of aromatic nitrogens is 2. The van der Waals surface area contributed by atoms with Crippen LogP contribution in [0.1, 0.15) is 23.6 Å². The van der Waals surface area contributed by atoms with Crippen LogP contribution in [0.15, 0.2) is 72.8 Å². The normalized spacial score (nSPS) is 12.5. The van der Waals surface area contributed by atoms with Crippen molar-refractivity contribution in [2.75, 3.05) is 11.4 Å². The molecule has 0 saturated heterocycles. The second kappa shape index (κ2) is 8.41. The highest BCUT2D eigenvalue weighted by atomic mass is 35.5. The van der Waals surface area contributed by atoms with E-state index in [2.05, 4.69) is 70.6 Å². The first kappa shape index (κ1) is 18.5. The Kier molecular flexibility index (Phi) is 5.54. The van der Waals surface area contributed by atoms with E-state index >= 15 is 0 Å². The molecule has 0 saturated carbocycles. The Labute approximate surface area is 171 Å². The van der Waals surface area contributed by atoms with Gasteiger partial charge in [0, 0.05) is 24.2 Å². The van der Waals surface area contributed by atoms with E-state index in [0.29, 0.717) is 5.02 Å². The molecule has 0 amide bonds. The van der Waals surface area contributed by atoms with E-state index < -0.39 is 0 Å². The van der Waals surface area contributed by atoms with Crippen LogP contribution in [0.2, 0.25) is 5.02 Å². The lowest BCUT2D eigenvalue weighted by Gasteiger charge is -2.25. The number of hydrogen-bond acceptors (Lipinski definition) is 3. The standard InChI is InChI=1S/C24H22ClN3/c1-2-28(17-18-11-5-3-6-12-18)24-20-14-8-4-7-13-19(20)23(26-27-24)21-15-9-10-16-22(21)25/h3-12,14-16H,2,13,17H2,1H3. The van der Waals surface area contributed by atoms with Crippen molar-refractivity contribution in [1.29, 1.82) is 0 Å². The summed E-state index contributed by atoms with van der Waals surface area (Å²) in [6.45, 7) is 3.80. The first-order chi connectivity index (χ1) is 13.8. The molecule has 1 aliphatic carbocycles. The van der Waals surface area contributed by atoms with E-state index in [9.17, 15) is 0 Å². The van der Waals surface area contributed by atoms with Crippen LogP contribution in [-0.4, -0.2) is 16.7 Å². The van der Waals surface area contributed by atoms with Gasteiger partial charge in [-0.15, -0.1) is 10.2 Å².